The molecule has 0 bridgehead atoms. The van der Waals surface area contributed by atoms with E-state index in [9.17, 15) is 4.79 Å². The smallest absolute Gasteiger partial charge is 0.267 e. The maximum atomic E-state index is 12.4. The van der Waals surface area contributed by atoms with Crippen LogP contribution in [0, 0.1) is 13.8 Å². The average Bonchev–Trinajstić information content (AvgIpc) is 3.02. The summed E-state index contributed by atoms with van der Waals surface area (Å²) in [5, 5.41) is 6.53. The van der Waals surface area contributed by atoms with Gasteiger partial charge in [-0.1, -0.05) is 29.5 Å². The summed E-state index contributed by atoms with van der Waals surface area (Å²) in [7, 11) is 0. The molecule has 1 amide bonds. The van der Waals surface area contributed by atoms with Crippen LogP contribution in [0.5, 0.6) is 0 Å². The van der Waals surface area contributed by atoms with Gasteiger partial charge in [-0.2, -0.15) is 0 Å². The number of rotatable bonds is 4. The Morgan fingerprint density at radius 1 is 1.12 bits per heavy atom. The van der Waals surface area contributed by atoms with E-state index in [4.69, 9.17) is 5.73 Å². The zero-order valence-corrected chi connectivity index (χ0v) is 14.1. The number of carbonyl (C=O) groups excluding carboxylic acids is 1. The predicted molar refractivity (Wildman–Crippen MR) is 97.9 cm³/mol. The molecule has 3 aromatic rings. The molecule has 0 aliphatic rings. The molecule has 0 unspecified atom stereocenters. The minimum atomic E-state index is -0.188. The monoisotopic (exact) mass is 339 g/mol. The van der Waals surface area contributed by atoms with Crippen molar-refractivity contribution < 1.29 is 4.79 Å². The first-order valence-electron chi connectivity index (χ1n) is 7.35. The number of pyridine rings is 1. The Hall–Kier alpha value is -2.93. The van der Waals surface area contributed by atoms with E-state index >= 15 is 0 Å². The summed E-state index contributed by atoms with van der Waals surface area (Å²) in [4.78, 5) is 21.3. The lowest BCUT2D eigenvalue weighted by molar-refractivity contribution is 0.103. The number of nitrogens with two attached hydrogens (primary N) is 1. The number of anilines is 4. The van der Waals surface area contributed by atoms with Crippen molar-refractivity contribution in [2.75, 3.05) is 16.4 Å². The Morgan fingerprint density at radius 3 is 2.58 bits per heavy atom. The summed E-state index contributed by atoms with van der Waals surface area (Å²) >= 11 is 1.25. The Bertz CT molecular complexity index is 870. The third-order valence-electron chi connectivity index (χ3n) is 3.51. The van der Waals surface area contributed by atoms with E-state index in [1.807, 2.05) is 32.0 Å². The van der Waals surface area contributed by atoms with Crippen LogP contribution in [0.25, 0.3) is 0 Å². The Kier molecular flexibility index (Phi) is 4.43. The van der Waals surface area contributed by atoms with Crippen LogP contribution in [0.4, 0.5) is 22.3 Å². The lowest BCUT2D eigenvalue weighted by Gasteiger charge is -2.10. The maximum Gasteiger partial charge on any atom is 0.267 e. The normalized spacial score (nSPS) is 10.4. The van der Waals surface area contributed by atoms with Gasteiger partial charge >= 0.3 is 0 Å². The minimum Gasteiger partial charge on any atom is -0.396 e. The molecule has 1 aromatic carbocycles. The van der Waals surface area contributed by atoms with Crippen LogP contribution >= 0.6 is 11.3 Å². The molecule has 0 aliphatic heterocycles. The third-order valence-corrected chi connectivity index (χ3v) is 4.42. The molecule has 0 saturated heterocycles. The van der Waals surface area contributed by atoms with Crippen LogP contribution in [-0.4, -0.2) is 15.9 Å². The topological polar surface area (TPSA) is 92.9 Å². The van der Waals surface area contributed by atoms with Crippen molar-refractivity contribution in [1.82, 2.24) is 9.97 Å². The van der Waals surface area contributed by atoms with Gasteiger partial charge in [0.05, 0.1) is 11.9 Å². The first kappa shape index (κ1) is 15.9. The lowest BCUT2D eigenvalue weighted by atomic mass is 10.1. The van der Waals surface area contributed by atoms with Gasteiger partial charge in [0.2, 0.25) is 0 Å². The molecule has 7 heteroatoms. The Balaban J connectivity index is 1.76. The van der Waals surface area contributed by atoms with Crippen LogP contribution in [-0.2, 0) is 0 Å². The molecule has 0 fully saturated rings. The van der Waals surface area contributed by atoms with Crippen molar-refractivity contribution in [2.45, 2.75) is 13.8 Å². The number of carbonyl (C=O) groups is 1. The van der Waals surface area contributed by atoms with Crippen molar-refractivity contribution in [2.24, 2.45) is 0 Å². The second-order valence-electron chi connectivity index (χ2n) is 5.32. The molecule has 0 aliphatic carbocycles. The van der Waals surface area contributed by atoms with Gasteiger partial charge in [0.25, 0.3) is 5.91 Å². The number of amides is 1. The number of thiazole rings is 1. The van der Waals surface area contributed by atoms with Crippen LogP contribution in [0.3, 0.4) is 0 Å². The minimum absolute atomic E-state index is 0.188. The predicted octanol–water partition coefficient (Wildman–Crippen LogP) is 3.73. The fraction of sp³-hybridized carbons (Fsp3) is 0.118. The van der Waals surface area contributed by atoms with Gasteiger partial charge in [-0.3, -0.25) is 4.79 Å². The number of aryl methyl sites for hydroxylation is 2. The third kappa shape index (κ3) is 3.36. The molecular formula is C17H17N5OS. The quantitative estimate of drug-likeness (QED) is 0.673. The molecule has 2 heterocycles. The van der Waals surface area contributed by atoms with Gasteiger partial charge < -0.3 is 16.4 Å². The van der Waals surface area contributed by atoms with Crippen molar-refractivity contribution in [3.63, 3.8) is 0 Å². The number of nitrogens with zero attached hydrogens (tertiary/aromatic N) is 2. The van der Waals surface area contributed by atoms with Gasteiger partial charge in [-0.25, -0.2) is 9.97 Å². The lowest BCUT2D eigenvalue weighted by Crippen LogP contribution is -2.12. The van der Waals surface area contributed by atoms with Crippen molar-refractivity contribution in [1.29, 1.82) is 0 Å². The van der Waals surface area contributed by atoms with Crippen molar-refractivity contribution in [3.05, 3.63) is 58.7 Å². The second-order valence-corrected chi connectivity index (χ2v) is 6.35. The SMILES string of the molecule is Cc1cccc(C)c1NC(=O)c1cnc(Nc2ncccc2N)s1. The summed E-state index contributed by atoms with van der Waals surface area (Å²) in [6.07, 6.45) is 3.18. The number of hydrogen-bond acceptors (Lipinski definition) is 6. The zero-order valence-electron chi connectivity index (χ0n) is 13.3. The summed E-state index contributed by atoms with van der Waals surface area (Å²) in [6, 6.07) is 9.40. The summed E-state index contributed by atoms with van der Waals surface area (Å²) in [6.45, 7) is 3.93. The molecule has 6 nitrogen and oxygen atoms in total. The molecule has 0 spiro atoms. The molecule has 3 rings (SSSR count). The fourth-order valence-corrected chi connectivity index (χ4v) is 2.96. The molecule has 4 N–H and O–H groups in total. The molecule has 0 atom stereocenters. The van der Waals surface area contributed by atoms with Crippen LogP contribution in [0.1, 0.15) is 20.8 Å². The largest absolute Gasteiger partial charge is 0.396 e. The number of nitrogens with one attached hydrogen (secondary N) is 2. The number of aromatic nitrogens is 2. The van der Waals surface area contributed by atoms with Gasteiger partial charge in [0.15, 0.2) is 10.9 Å². The summed E-state index contributed by atoms with van der Waals surface area (Å²) in [5.74, 6) is 0.334. The van der Waals surface area contributed by atoms with Crippen molar-refractivity contribution >= 4 is 39.6 Å². The van der Waals surface area contributed by atoms with Gasteiger partial charge in [0, 0.05) is 11.9 Å². The first-order chi connectivity index (χ1) is 11.5. The van der Waals surface area contributed by atoms with E-state index in [0.29, 0.717) is 21.5 Å². The van der Waals surface area contributed by atoms with Gasteiger partial charge in [0.1, 0.15) is 4.88 Å². The van der Waals surface area contributed by atoms with E-state index in [0.717, 1.165) is 16.8 Å². The molecule has 24 heavy (non-hydrogen) atoms. The molecule has 122 valence electrons. The van der Waals surface area contributed by atoms with Crippen molar-refractivity contribution in [3.8, 4) is 0 Å². The van der Waals surface area contributed by atoms with Crippen LogP contribution < -0.4 is 16.4 Å². The maximum absolute atomic E-state index is 12.4. The van der Waals surface area contributed by atoms with Gasteiger partial charge in [-0.05, 0) is 37.1 Å². The zero-order chi connectivity index (χ0) is 17.1. The molecule has 2 aromatic heterocycles. The number of para-hydroxylation sites is 1. The first-order valence-corrected chi connectivity index (χ1v) is 8.17. The van der Waals surface area contributed by atoms with E-state index in [1.165, 1.54) is 17.5 Å². The highest BCUT2D eigenvalue weighted by Gasteiger charge is 2.14. The highest BCUT2D eigenvalue weighted by Crippen LogP contribution is 2.26. The number of nitrogen functional groups attached to an aromatic ring is 1. The number of hydrogen-bond donors (Lipinski definition) is 3. The summed E-state index contributed by atoms with van der Waals surface area (Å²) < 4.78 is 0. The second kappa shape index (κ2) is 6.67. The molecule has 0 saturated carbocycles. The standard InChI is InChI=1S/C17H17N5OS/c1-10-5-3-6-11(2)14(10)21-16(23)13-9-20-17(24-13)22-15-12(18)7-4-8-19-15/h3-9H,18H2,1-2H3,(H,21,23)(H,19,20,22). The molecular weight excluding hydrogens is 322 g/mol. The van der Waals surface area contributed by atoms with Crippen LogP contribution in [0.2, 0.25) is 0 Å². The van der Waals surface area contributed by atoms with Gasteiger partial charge in [-0.15, -0.1) is 0 Å². The van der Waals surface area contributed by atoms with E-state index in [1.54, 1.807) is 18.3 Å². The van der Waals surface area contributed by atoms with E-state index in [-0.39, 0.29) is 5.91 Å². The van der Waals surface area contributed by atoms with E-state index in [2.05, 4.69) is 20.6 Å². The fourth-order valence-electron chi connectivity index (χ4n) is 2.25. The average molecular weight is 339 g/mol. The number of benzene rings is 1. The molecule has 0 radical (unpaired) electrons. The Labute approximate surface area is 143 Å². The highest BCUT2D eigenvalue weighted by molar-refractivity contribution is 7.17. The summed E-state index contributed by atoms with van der Waals surface area (Å²) in [5.41, 5.74) is 9.24. The Morgan fingerprint density at radius 2 is 1.88 bits per heavy atom. The van der Waals surface area contributed by atoms with Crippen LogP contribution in [0.15, 0.2) is 42.7 Å². The highest BCUT2D eigenvalue weighted by atomic mass is 32.1. The van der Waals surface area contributed by atoms with E-state index < -0.39 is 0 Å².